The SMILES string of the molecule is CC(NC(=O)COc1cccc([N+](=O)[O-])c1)c1cc2ccccc2o1. The Balaban J connectivity index is 1.58. The van der Waals surface area contributed by atoms with E-state index in [1.807, 2.05) is 37.3 Å². The van der Waals surface area contributed by atoms with Gasteiger partial charge in [-0.25, -0.2) is 0 Å². The molecule has 0 saturated carbocycles. The van der Waals surface area contributed by atoms with Crippen LogP contribution in [0.25, 0.3) is 11.0 Å². The number of nitrogens with zero attached hydrogens (tertiary/aromatic N) is 1. The number of ether oxygens (including phenoxy) is 1. The molecule has 1 unspecified atom stereocenters. The summed E-state index contributed by atoms with van der Waals surface area (Å²) in [6, 6.07) is 14.8. The van der Waals surface area contributed by atoms with Crippen molar-refractivity contribution >= 4 is 22.6 Å². The lowest BCUT2D eigenvalue weighted by atomic mass is 10.2. The summed E-state index contributed by atoms with van der Waals surface area (Å²) in [5.74, 6) is 0.560. The summed E-state index contributed by atoms with van der Waals surface area (Å²) < 4.78 is 11.0. The molecule has 0 aliphatic rings. The molecule has 3 rings (SSSR count). The van der Waals surface area contributed by atoms with E-state index in [4.69, 9.17) is 9.15 Å². The van der Waals surface area contributed by atoms with E-state index in [0.29, 0.717) is 5.76 Å². The Labute approximate surface area is 143 Å². The molecule has 0 aliphatic heterocycles. The number of carbonyl (C=O) groups excluding carboxylic acids is 1. The number of hydrogen-bond donors (Lipinski definition) is 1. The number of para-hydroxylation sites is 1. The topological polar surface area (TPSA) is 94.6 Å². The molecule has 1 heterocycles. The summed E-state index contributed by atoms with van der Waals surface area (Å²) in [7, 11) is 0. The van der Waals surface area contributed by atoms with Gasteiger partial charge in [0.05, 0.1) is 17.0 Å². The second kappa shape index (κ2) is 7.04. The predicted octanol–water partition coefficient (Wildman–Crippen LogP) is 3.60. The normalized spacial score (nSPS) is 11.9. The van der Waals surface area contributed by atoms with Crippen LogP contribution in [0, 0.1) is 10.1 Å². The number of rotatable bonds is 6. The summed E-state index contributed by atoms with van der Waals surface area (Å²) in [6.45, 7) is 1.56. The molecule has 0 aliphatic carbocycles. The Kier molecular flexibility index (Phi) is 4.65. The maximum Gasteiger partial charge on any atom is 0.273 e. The molecule has 128 valence electrons. The van der Waals surface area contributed by atoms with Crippen molar-refractivity contribution in [3.8, 4) is 5.75 Å². The van der Waals surface area contributed by atoms with Crippen molar-refractivity contribution < 1.29 is 18.9 Å². The molecule has 25 heavy (non-hydrogen) atoms. The van der Waals surface area contributed by atoms with E-state index in [1.165, 1.54) is 18.2 Å². The van der Waals surface area contributed by atoms with Gasteiger partial charge in [0.25, 0.3) is 11.6 Å². The Morgan fingerprint density at radius 1 is 1.24 bits per heavy atom. The van der Waals surface area contributed by atoms with E-state index in [0.717, 1.165) is 11.0 Å². The van der Waals surface area contributed by atoms with Crippen molar-refractivity contribution in [3.63, 3.8) is 0 Å². The van der Waals surface area contributed by atoms with Gasteiger partial charge in [-0.2, -0.15) is 0 Å². The van der Waals surface area contributed by atoms with Gasteiger partial charge in [-0.15, -0.1) is 0 Å². The van der Waals surface area contributed by atoms with E-state index in [2.05, 4.69) is 5.32 Å². The van der Waals surface area contributed by atoms with Crippen LogP contribution in [0.15, 0.2) is 59.0 Å². The molecule has 0 saturated heterocycles. The number of benzene rings is 2. The van der Waals surface area contributed by atoms with Gasteiger partial charge in [0.2, 0.25) is 0 Å². The van der Waals surface area contributed by atoms with E-state index in [9.17, 15) is 14.9 Å². The molecule has 1 amide bonds. The zero-order valence-electron chi connectivity index (χ0n) is 13.5. The summed E-state index contributed by atoms with van der Waals surface area (Å²) in [5, 5.41) is 14.5. The summed E-state index contributed by atoms with van der Waals surface area (Å²) in [5.41, 5.74) is 0.667. The number of carbonyl (C=O) groups is 1. The van der Waals surface area contributed by atoms with Gasteiger partial charge in [0, 0.05) is 11.5 Å². The van der Waals surface area contributed by atoms with Gasteiger partial charge < -0.3 is 14.5 Å². The molecule has 0 fully saturated rings. The fourth-order valence-corrected chi connectivity index (χ4v) is 2.41. The van der Waals surface area contributed by atoms with Gasteiger partial charge >= 0.3 is 0 Å². The summed E-state index contributed by atoms with van der Waals surface area (Å²) in [6.07, 6.45) is 0. The van der Waals surface area contributed by atoms with Crippen LogP contribution < -0.4 is 10.1 Å². The molecule has 3 aromatic rings. The van der Waals surface area contributed by atoms with Crippen molar-refractivity contribution in [1.82, 2.24) is 5.32 Å². The molecule has 0 radical (unpaired) electrons. The molecule has 1 N–H and O–H groups in total. The lowest BCUT2D eigenvalue weighted by Gasteiger charge is -2.12. The summed E-state index contributed by atoms with van der Waals surface area (Å²) in [4.78, 5) is 22.2. The van der Waals surface area contributed by atoms with E-state index < -0.39 is 4.92 Å². The molecule has 7 nitrogen and oxygen atoms in total. The average Bonchev–Trinajstić information content (AvgIpc) is 3.04. The number of hydrogen-bond acceptors (Lipinski definition) is 5. The highest BCUT2D eigenvalue weighted by Crippen LogP contribution is 2.23. The predicted molar refractivity (Wildman–Crippen MR) is 91.4 cm³/mol. The Morgan fingerprint density at radius 3 is 2.80 bits per heavy atom. The quantitative estimate of drug-likeness (QED) is 0.546. The molecule has 7 heteroatoms. The van der Waals surface area contributed by atoms with Crippen molar-refractivity contribution in [3.05, 3.63) is 70.5 Å². The smallest absolute Gasteiger partial charge is 0.273 e. The first-order valence-corrected chi connectivity index (χ1v) is 7.68. The molecule has 1 aromatic heterocycles. The maximum atomic E-state index is 12.0. The van der Waals surface area contributed by atoms with Crippen LogP contribution in [0.1, 0.15) is 18.7 Å². The van der Waals surface area contributed by atoms with Crippen LogP contribution >= 0.6 is 0 Å². The zero-order valence-corrected chi connectivity index (χ0v) is 13.5. The van der Waals surface area contributed by atoms with E-state index in [-0.39, 0.29) is 30.0 Å². The highest BCUT2D eigenvalue weighted by Gasteiger charge is 2.15. The van der Waals surface area contributed by atoms with Crippen LogP contribution in [0.5, 0.6) is 5.75 Å². The van der Waals surface area contributed by atoms with Gasteiger partial charge in [0.15, 0.2) is 6.61 Å². The Bertz CT molecular complexity index is 885. The van der Waals surface area contributed by atoms with Crippen LogP contribution in [0.2, 0.25) is 0 Å². The fraction of sp³-hybridized carbons (Fsp3) is 0.167. The van der Waals surface area contributed by atoms with Crippen molar-refractivity contribution in [2.75, 3.05) is 6.61 Å². The molecule has 2 aromatic carbocycles. The standard InChI is InChI=1S/C18H16N2O5/c1-12(17-9-13-5-2-3-8-16(13)25-17)19-18(21)11-24-15-7-4-6-14(10-15)20(22)23/h2-10,12H,11H2,1H3,(H,19,21). The highest BCUT2D eigenvalue weighted by atomic mass is 16.6. The zero-order chi connectivity index (χ0) is 17.8. The average molecular weight is 340 g/mol. The molecule has 1 atom stereocenters. The lowest BCUT2D eigenvalue weighted by Crippen LogP contribution is -2.31. The van der Waals surface area contributed by atoms with Gasteiger partial charge in [-0.3, -0.25) is 14.9 Å². The number of nitro benzene ring substituents is 1. The third kappa shape index (κ3) is 3.95. The third-order valence-corrected chi connectivity index (χ3v) is 3.65. The minimum atomic E-state index is -0.517. The minimum Gasteiger partial charge on any atom is -0.484 e. The third-order valence-electron chi connectivity index (χ3n) is 3.65. The molecular formula is C18H16N2O5. The summed E-state index contributed by atoms with van der Waals surface area (Å²) >= 11 is 0. The monoisotopic (exact) mass is 340 g/mol. The van der Waals surface area contributed by atoms with Crippen LogP contribution in [-0.2, 0) is 4.79 Å². The van der Waals surface area contributed by atoms with Crippen molar-refractivity contribution in [2.45, 2.75) is 13.0 Å². The second-order valence-electron chi connectivity index (χ2n) is 5.52. The first-order valence-electron chi connectivity index (χ1n) is 7.68. The molecular weight excluding hydrogens is 324 g/mol. The first-order chi connectivity index (χ1) is 12.0. The molecule has 0 bridgehead atoms. The van der Waals surface area contributed by atoms with E-state index >= 15 is 0 Å². The van der Waals surface area contributed by atoms with E-state index in [1.54, 1.807) is 6.07 Å². The second-order valence-corrected chi connectivity index (χ2v) is 5.52. The maximum absolute atomic E-state index is 12.0. The largest absolute Gasteiger partial charge is 0.484 e. The minimum absolute atomic E-state index is 0.0893. The first kappa shape index (κ1) is 16.5. The number of nitrogens with one attached hydrogen (secondary N) is 1. The number of amides is 1. The van der Waals surface area contributed by atoms with Crippen LogP contribution in [-0.4, -0.2) is 17.4 Å². The Morgan fingerprint density at radius 2 is 2.04 bits per heavy atom. The fourth-order valence-electron chi connectivity index (χ4n) is 2.41. The van der Waals surface area contributed by atoms with Gasteiger partial charge in [0.1, 0.15) is 17.1 Å². The number of non-ortho nitro benzene ring substituents is 1. The molecule has 0 spiro atoms. The van der Waals surface area contributed by atoms with Crippen LogP contribution in [0.3, 0.4) is 0 Å². The van der Waals surface area contributed by atoms with Gasteiger partial charge in [-0.1, -0.05) is 24.3 Å². The number of fused-ring (bicyclic) bond motifs is 1. The van der Waals surface area contributed by atoms with Crippen molar-refractivity contribution in [2.24, 2.45) is 0 Å². The number of furan rings is 1. The van der Waals surface area contributed by atoms with Crippen LogP contribution in [0.4, 0.5) is 5.69 Å². The van der Waals surface area contributed by atoms with Gasteiger partial charge in [-0.05, 0) is 25.1 Å². The highest BCUT2D eigenvalue weighted by molar-refractivity contribution is 5.79. The number of nitro groups is 1. The lowest BCUT2D eigenvalue weighted by molar-refractivity contribution is -0.384. The van der Waals surface area contributed by atoms with Crippen molar-refractivity contribution in [1.29, 1.82) is 0 Å². The Hall–Kier alpha value is -3.35.